The molecule has 0 aromatic heterocycles. The van der Waals surface area contributed by atoms with Crippen molar-refractivity contribution in [1.29, 1.82) is 0 Å². The van der Waals surface area contributed by atoms with E-state index in [-0.39, 0.29) is 5.91 Å². The largest absolute Gasteiger partial charge is 0.352 e. The summed E-state index contributed by atoms with van der Waals surface area (Å²) in [4.78, 5) is 12.7. The number of amides is 1. The zero-order valence-electron chi connectivity index (χ0n) is 14.3. The van der Waals surface area contributed by atoms with Crippen molar-refractivity contribution in [3.63, 3.8) is 0 Å². The van der Waals surface area contributed by atoms with Crippen molar-refractivity contribution in [3.8, 4) is 11.1 Å². The van der Waals surface area contributed by atoms with Crippen LogP contribution in [0, 0.1) is 0 Å². The molecule has 130 valence electrons. The maximum Gasteiger partial charge on any atom is 0.253 e. The lowest BCUT2D eigenvalue weighted by Crippen LogP contribution is -2.25. The number of nitrogens with one attached hydrogen (secondary N) is 1. The summed E-state index contributed by atoms with van der Waals surface area (Å²) in [6.07, 6.45) is 0.763. The molecule has 5 nitrogen and oxygen atoms in total. The minimum absolute atomic E-state index is 0.193. The maximum atomic E-state index is 12.7. The minimum atomic E-state index is -0.193. The Labute approximate surface area is 152 Å². The monoisotopic (exact) mass is 344 g/mol. The number of hydrogen-bond acceptors (Lipinski definition) is 3. The third kappa shape index (κ3) is 4.33. The van der Waals surface area contributed by atoms with Crippen LogP contribution in [-0.2, 0) is 6.42 Å². The van der Waals surface area contributed by atoms with Gasteiger partial charge >= 0.3 is 0 Å². The van der Waals surface area contributed by atoms with Crippen molar-refractivity contribution in [2.75, 3.05) is 6.54 Å². The quantitative estimate of drug-likeness (QED) is 0.397. The topological polar surface area (TPSA) is 79.8 Å². The molecule has 3 N–H and O–H groups in total. The van der Waals surface area contributed by atoms with Crippen LogP contribution in [0.2, 0.25) is 0 Å². The maximum absolute atomic E-state index is 12.7. The minimum Gasteiger partial charge on any atom is -0.352 e. The molecule has 0 radical (unpaired) electrons. The van der Waals surface area contributed by atoms with Crippen LogP contribution in [0.5, 0.6) is 0 Å². The number of nitrogens with zero attached hydrogens (tertiary/aromatic N) is 2. The highest BCUT2D eigenvalue weighted by atomic mass is 16.1. The Morgan fingerprint density at radius 2 is 1.58 bits per heavy atom. The summed E-state index contributed by atoms with van der Waals surface area (Å²) in [5.74, 6) is 4.99. The molecule has 0 heterocycles. The molecule has 0 saturated carbocycles. The second-order valence-corrected chi connectivity index (χ2v) is 5.80. The first kappa shape index (κ1) is 17.4. The van der Waals surface area contributed by atoms with Crippen molar-refractivity contribution in [2.24, 2.45) is 16.2 Å². The van der Waals surface area contributed by atoms with Gasteiger partial charge in [-0.25, -0.2) is 0 Å². The van der Waals surface area contributed by atoms with Crippen LogP contribution >= 0.6 is 0 Å². The first-order valence-corrected chi connectivity index (χ1v) is 8.40. The van der Waals surface area contributed by atoms with E-state index in [0.29, 0.717) is 17.8 Å². The van der Waals surface area contributed by atoms with Gasteiger partial charge in [-0.15, -0.1) is 5.11 Å². The molecule has 0 saturated heterocycles. The van der Waals surface area contributed by atoms with Crippen LogP contribution in [-0.4, -0.2) is 12.5 Å². The molecule has 26 heavy (non-hydrogen) atoms. The van der Waals surface area contributed by atoms with Crippen LogP contribution in [0.3, 0.4) is 0 Å². The van der Waals surface area contributed by atoms with E-state index < -0.39 is 0 Å². The highest BCUT2D eigenvalue weighted by Gasteiger charge is 2.13. The Balaban J connectivity index is 1.78. The highest BCUT2D eigenvalue weighted by molar-refractivity contribution is 6.00. The molecule has 0 fully saturated rings. The number of hydrogen-bond donors (Lipinski definition) is 2. The number of nitrogens with two attached hydrogens (primary N) is 1. The third-order valence-electron chi connectivity index (χ3n) is 4.06. The molecule has 0 bridgehead atoms. The molecule has 0 aliphatic rings. The SMILES string of the molecule is NN=Nc1ccc(-c2ccccc2)cc1C(=O)NCCc1ccccc1. The lowest BCUT2D eigenvalue weighted by Gasteiger charge is -2.10. The Morgan fingerprint density at radius 3 is 2.27 bits per heavy atom. The molecule has 0 aliphatic heterocycles. The molecule has 5 heteroatoms. The van der Waals surface area contributed by atoms with Crippen molar-refractivity contribution in [1.82, 2.24) is 5.32 Å². The summed E-state index contributed by atoms with van der Waals surface area (Å²) in [5.41, 5.74) is 4.04. The van der Waals surface area contributed by atoms with Gasteiger partial charge in [-0.1, -0.05) is 72.0 Å². The van der Waals surface area contributed by atoms with Crippen LogP contribution in [0.4, 0.5) is 5.69 Å². The summed E-state index contributed by atoms with van der Waals surface area (Å²) in [6.45, 7) is 0.539. The Bertz CT molecular complexity index is 892. The number of carbonyl (C=O) groups is 1. The standard InChI is InChI=1S/C21H20N4O/c22-25-24-20-12-11-18(17-9-5-2-6-10-17)15-19(20)21(26)23-14-13-16-7-3-1-4-8-16/h1-12,15H,13-14H2,(H2,22,24)(H,23,26). The molecule has 0 spiro atoms. The fraction of sp³-hybridized carbons (Fsp3) is 0.0952. The molecule has 3 aromatic rings. The van der Waals surface area contributed by atoms with Gasteiger partial charge in [-0.2, -0.15) is 0 Å². The third-order valence-corrected chi connectivity index (χ3v) is 4.06. The van der Waals surface area contributed by atoms with Crippen molar-refractivity contribution >= 4 is 11.6 Å². The summed E-state index contributed by atoms with van der Waals surface area (Å²) < 4.78 is 0. The molecule has 0 aliphatic carbocycles. The lowest BCUT2D eigenvalue weighted by atomic mass is 10.0. The predicted octanol–water partition coefficient (Wildman–Crippen LogP) is 4.28. The number of rotatable bonds is 6. The van der Waals surface area contributed by atoms with Gasteiger partial charge in [-0.05, 0) is 35.2 Å². The zero-order valence-corrected chi connectivity index (χ0v) is 14.3. The van der Waals surface area contributed by atoms with Crippen molar-refractivity contribution < 1.29 is 4.79 Å². The van der Waals surface area contributed by atoms with Gasteiger partial charge in [-0.3, -0.25) is 4.79 Å². The van der Waals surface area contributed by atoms with E-state index in [9.17, 15) is 4.79 Å². The van der Waals surface area contributed by atoms with Gasteiger partial charge in [0.2, 0.25) is 0 Å². The normalized spacial score (nSPS) is 10.8. The van der Waals surface area contributed by atoms with Crippen molar-refractivity contribution in [3.05, 3.63) is 90.0 Å². The number of benzene rings is 3. The van der Waals surface area contributed by atoms with Crippen LogP contribution in [0.1, 0.15) is 15.9 Å². The van der Waals surface area contributed by atoms with Gasteiger partial charge in [0.15, 0.2) is 0 Å². The van der Waals surface area contributed by atoms with Crippen LogP contribution in [0.15, 0.2) is 89.2 Å². The predicted molar refractivity (Wildman–Crippen MR) is 103 cm³/mol. The summed E-state index contributed by atoms with van der Waals surface area (Å²) in [7, 11) is 0. The summed E-state index contributed by atoms with van der Waals surface area (Å²) >= 11 is 0. The van der Waals surface area contributed by atoms with Gasteiger partial charge < -0.3 is 11.2 Å². The van der Waals surface area contributed by atoms with Gasteiger partial charge in [0.05, 0.1) is 5.56 Å². The molecule has 3 rings (SSSR count). The summed E-state index contributed by atoms with van der Waals surface area (Å²) in [6, 6.07) is 25.4. The van der Waals surface area contributed by atoms with Gasteiger partial charge in [0.25, 0.3) is 5.91 Å². The fourth-order valence-corrected chi connectivity index (χ4v) is 2.74. The summed E-state index contributed by atoms with van der Waals surface area (Å²) in [5, 5.41) is 10.1. The van der Waals surface area contributed by atoms with Crippen molar-refractivity contribution in [2.45, 2.75) is 6.42 Å². The Kier molecular flexibility index (Phi) is 5.72. The Hall–Kier alpha value is -3.47. The first-order chi connectivity index (χ1) is 12.8. The zero-order chi connectivity index (χ0) is 18.2. The van der Waals surface area contributed by atoms with Crippen LogP contribution in [0.25, 0.3) is 11.1 Å². The van der Waals surface area contributed by atoms with Gasteiger partial charge in [0, 0.05) is 6.54 Å². The molecule has 0 unspecified atom stereocenters. The average molecular weight is 344 g/mol. The van der Waals surface area contributed by atoms with E-state index in [1.54, 1.807) is 6.07 Å². The average Bonchev–Trinajstić information content (AvgIpc) is 2.70. The Morgan fingerprint density at radius 1 is 0.885 bits per heavy atom. The second-order valence-electron chi connectivity index (χ2n) is 5.80. The van der Waals surface area contributed by atoms with E-state index in [1.165, 1.54) is 5.56 Å². The van der Waals surface area contributed by atoms with E-state index in [1.807, 2.05) is 72.8 Å². The molecular formula is C21H20N4O. The fourth-order valence-electron chi connectivity index (χ4n) is 2.74. The smallest absolute Gasteiger partial charge is 0.253 e. The van der Waals surface area contributed by atoms with Crippen LogP contribution < -0.4 is 11.2 Å². The molecule has 1 amide bonds. The van der Waals surface area contributed by atoms with E-state index in [2.05, 4.69) is 15.7 Å². The van der Waals surface area contributed by atoms with E-state index in [4.69, 9.17) is 5.84 Å². The lowest BCUT2D eigenvalue weighted by molar-refractivity contribution is 0.0955. The molecular weight excluding hydrogens is 324 g/mol. The first-order valence-electron chi connectivity index (χ1n) is 8.40. The number of carbonyl (C=O) groups excluding carboxylic acids is 1. The van der Waals surface area contributed by atoms with E-state index >= 15 is 0 Å². The molecule has 0 atom stereocenters. The highest BCUT2D eigenvalue weighted by Crippen LogP contribution is 2.27. The van der Waals surface area contributed by atoms with E-state index in [0.717, 1.165) is 17.5 Å². The molecule has 3 aromatic carbocycles. The van der Waals surface area contributed by atoms with Gasteiger partial charge in [0.1, 0.15) is 5.69 Å². The second kappa shape index (κ2) is 8.58.